The van der Waals surface area contributed by atoms with Gasteiger partial charge in [-0.05, 0) is 29.7 Å². The van der Waals surface area contributed by atoms with E-state index >= 15 is 0 Å². The molecule has 0 aliphatic heterocycles. The van der Waals surface area contributed by atoms with E-state index in [2.05, 4.69) is 25.9 Å². The molecule has 1 aromatic carbocycles. The van der Waals surface area contributed by atoms with Crippen LogP contribution in [-0.2, 0) is 6.42 Å². The average Bonchev–Trinajstić information content (AvgIpc) is 2.85. The molecule has 0 unspecified atom stereocenters. The van der Waals surface area contributed by atoms with Crippen LogP contribution in [0.15, 0.2) is 18.2 Å². The van der Waals surface area contributed by atoms with Crippen molar-refractivity contribution < 1.29 is 4.79 Å². The van der Waals surface area contributed by atoms with Crippen molar-refractivity contribution in [2.75, 3.05) is 5.32 Å². The fourth-order valence-corrected chi connectivity index (χ4v) is 1.63. The molecule has 0 radical (unpaired) electrons. The highest BCUT2D eigenvalue weighted by Gasteiger charge is 2.13. The molecule has 6 nitrogen and oxygen atoms in total. The Morgan fingerprint density at radius 1 is 1.47 bits per heavy atom. The van der Waals surface area contributed by atoms with Gasteiger partial charge in [-0.25, -0.2) is 0 Å². The zero-order valence-electron chi connectivity index (χ0n) is 9.69. The number of para-hydroxylation sites is 1. The number of benzene rings is 1. The number of carbonyl (C=O) groups excluding carboxylic acids is 1. The van der Waals surface area contributed by atoms with Crippen LogP contribution >= 0.6 is 0 Å². The summed E-state index contributed by atoms with van der Waals surface area (Å²) in [5, 5.41) is 15.7. The number of aromatic amines is 1. The predicted octanol–water partition coefficient (Wildman–Crippen LogP) is 1.32. The van der Waals surface area contributed by atoms with Gasteiger partial charge in [-0.1, -0.05) is 25.1 Å². The van der Waals surface area contributed by atoms with Gasteiger partial charge in [0.05, 0.1) is 0 Å². The van der Waals surface area contributed by atoms with Gasteiger partial charge in [0.1, 0.15) is 0 Å². The maximum absolute atomic E-state index is 11.8. The summed E-state index contributed by atoms with van der Waals surface area (Å²) >= 11 is 0. The fraction of sp³-hybridized carbons (Fsp3) is 0.273. The summed E-state index contributed by atoms with van der Waals surface area (Å²) < 4.78 is 0. The Hall–Kier alpha value is -2.24. The Labute approximate surface area is 98.4 Å². The van der Waals surface area contributed by atoms with Gasteiger partial charge in [0.2, 0.25) is 0 Å². The van der Waals surface area contributed by atoms with Crippen LogP contribution in [-0.4, -0.2) is 26.5 Å². The predicted molar refractivity (Wildman–Crippen MR) is 62.7 cm³/mol. The van der Waals surface area contributed by atoms with E-state index in [-0.39, 0.29) is 11.7 Å². The molecule has 2 rings (SSSR count). The van der Waals surface area contributed by atoms with Gasteiger partial charge < -0.3 is 5.32 Å². The molecule has 0 aliphatic rings. The second-order valence-electron chi connectivity index (χ2n) is 3.65. The first kappa shape index (κ1) is 11.3. The van der Waals surface area contributed by atoms with E-state index in [1.165, 1.54) is 0 Å². The Morgan fingerprint density at radius 2 is 2.29 bits per heavy atom. The number of anilines is 1. The summed E-state index contributed by atoms with van der Waals surface area (Å²) in [7, 11) is 0. The Morgan fingerprint density at radius 3 is 2.94 bits per heavy atom. The Bertz CT molecular complexity index is 521. The maximum Gasteiger partial charge on any atom is 0.297 e. The molecule has 0 fully saturated rings. The zero-order chi connectivity index (χ0) is 12.3. The van der Waals surface area contributed by atoms with Crippen LogP contribution < -0.4 is 5.32 Å². The average molecular weight is 231 g/mol. The van der Waals surface area contributed by atoms with Crippen LogP contribution in [0.25, 0.3) is 0 Å². The Balaban J connectivity index is 2.27. The number of aromatic nitrogens is 4. The van der Waals surface area contributed by atoms with E-state index in [1.807, 2.05) is 32.0 Å². The number of nitrogens with one attached hydrogen (secondary N) is 2. The van der Waals surface area contributed by atoms with Crippen molar-refractivity contribution in [2.24, 2.45) is 0 Å². The van der Waals surface area contributed by atoms with Crippen LogP contribution in [0.4, 0.5) is 5.69 Å². The van der Waals surface area contributed by atoms with Gasteiger partial charge in [-0.3, -0.25) is 4.79 Å². The number of hydrogen-bond donors (Lipinski definition) is 2. The fourth-order valence-electron chi connectivity index (χ4n) is 1.63. The van der Waals surface area contributed by atoms with Gasteiger partial charge in [-0.15, -0.1) is 10.2 Å². The molecule has 0 saturated carbocycles. The van der Waals surface area contributed by atoms with Crippen molar-refractivity contribution in [3.8, 4) is 0 Å². The number of H-pyrrole nitrogens is 1. The molecule has 88 valence electrons. The van der Waals surface area contributed by atoms with Crippen LogP contribution in [0.2, 0.25) is 0 Å². The third-order valence-electron chi connectivity index (χ3n) is 2.53. The largest absolute Gasteiger partial charge is 0.319 e. The molecule has 0 aliphatic carbocycles. The molecule has 0 bridgehead atoms. The van der Waals surface area contributed by atoms with Crippen molar-refractivity contribution in [1.82, 2.24) is 20.6 Å². The lowest BCUT2D eigenvalue weighted by atomic mass is 10.1. The SMILES string of the molecule is CCc1cccc(C)c1NC(=O)c1nn[nH]n1. The van der Waals surface area contributed by atoms with E-state index in [0.29, 0.717) is 0 Å². The highest BCUT2D eigenvalue weighted by molar-refractivity contribution is 6.02. The van der Waals surface area contributed by atoms with Gasteiger partial charge in [-0.2, -0.15) is 5.21 Å². The lowest BCUT2D eigenvalue weighted by molar-refractivity contribution is 0.101. The van der Waals surface area contributed by atoms with Gasteiger partial charge >= 0.3 is 0 Å². The van der Waals surface area contributed by atoms with Crippen LogP contribution in [0.5, 0.6) is 0 Å². The van der Waals surface area contributed by atoms with Crippen molar-refractivity contribution >= 4 is 11.6 Å². The van der Waals surface area contributed by atoms with Crippen LogP contribution in [0.3, 0.4) is 0 Å². The van der Waals surface area contributed by atoms with E-state index in [1.54, 1.807) is 0 Å². The third kappa shape index (κ3) is 2.30. The van der Waals surface area contributed by atoms with E-state index in [4.69, 9.17) is 0 Å². The van der Waals surface area contributed by atoms with E-state index in [0.717, 1.165) is 23.2 Å². The summed E-state index contributed by atoms with van der Waals surface area (Å²) in [6, 6.07) is 5.90. The van der Waals surface area contributed by atoms with Crippen molar-refractivity contribution in [2.45, 2.75) is 20.3 Å². The summed E-state index contributed by atoms with van der Waals surface area (Å²) in [6.07, 6.45) is 0.851. The molecule has 17 heavy (non-hydrogen) atoms. The van der Waals surface area contributed by atoms with Gasteiger partial charge in [0.15, 0.2) is 0 Å². The topological polar surface area (TPSA) is 83.6 Å². The quantitative estimate of drug-likeness (QED) is 0.834. The van der Waals surface area contributed by atoms with Crippen molar-refractivity contribution in [1.29, 1.82) is 0 Å². The van der Waals surface area contributed by atoms with Gasteiger partial charge in [0.25, 0.3) is 11.7 Å². The highest BCUT2D eigenvalue weighted by atomic mass is 16.2. The number of amides is 1. The second-order valence-corrected chi connectivity index (χ2v) is 3.65. The summed E-state index contributed by atoms with van der Waals surface area (Å²) in [5.41, 5.74) is 2.92. The molecule has 2 N–H and O–H groups in total. The first-order valence-corrected chi connectivity index (χ1v) is 5.35. The number of tetrazole rings is 1. The molecule has 2 aromatic rings. The minimum atomic E-state index is -0.359. The second kappa shape index (κ2) is 4.73. The summed E-state index contributed by atoms with van der Waals surface area (Å²) in [6.45, 7) is 3.99. The summed E-state index contributed by atoms with van der Waals surface area (Å²) in [5.74, 6) is -0.321. The minimum Gasteiger partial charge on any atom is -0.319 e. The van der Waals surface area contributed by atoms with Crippen LogP contribution in [0.1, 0.15) is 28.7 Å². The first-order chi connectivity index (χ1) is 8.22. The summed E-state index contributed by atoms with van der Waals surface area (Å²) in [4.78, 5) is 11.8. The first-order valence-electron chi connectivity index (χ1n) is 5.35. The van der Waals surface area contributed by atoms with E-state index < -0.39 is 0 Å². The molecule has 6 heteroatoms. The number of rotatable bonds is 3. The standard InChI is InChI=1S/C11H13N5O/c1-3-8-6-4-5-7(2)9(8)12-11(17)10-13-15-16-14-10/h4-6H,3H2,1-2H3,(H,12,17)(H,13,14,15,16). The number of aryl methyl sites for hydroxylation is 2. The number of nitrogens with zero attached hydrogens (tertiary/aromatic N) is 3. The van der Waals surface area contributed by atoms with E-state index in [9.17, 15) is 4.79 Å². The van der Waals surface area contributed by atoms with Crippen molar-refractivity contribution in [3.63, 3.8) is 0 Å². The lowest BCUT2D eigenvalue weighted by Crippen LogP contribution is -2.16. The molecule has 1 amide bonds. The third-order valence-corrected chi connectivity index (χ3v) is 2.53. The smallest absolute Gasteiger partial charge is 0.297 e. The molecule has 0 spiro atoms. The zero-order valence-corrected chi connectivity index (χ0v) is 9.69. The Kier molecular flexibility index (Phi) is 3.13. The molecular formula is C11H13N5O. The molecule has 1 aromatic heterocycles. The highest BCUT2D eigenvalue weighted by Crippen LogP contribution is 2.21. The minimum absolute atomic E-state index is 0.0373. The maximum atomic E-state index is 11.8. The molecule has 0 saturated heterocycles. The molecule has 0 atom stereocenters. The number of carbonyl (C=O) groups is 1. The molecular weight excluding hydrogens is 218 g/mol. The monoisotopic (exact) mass is 231 g/mol. The van der Waals surface area contributed by atoms with Crippen molar-refractivity contribution in [3.05, 3.63) is 35.2 Å². The number of hydrogen-bond acceptors (Lipinski definition) is 4. The normalized spacial score (nSPS) is 10.2. The van der Waals surface area contributed by atoms with Crippen LogP contribution in [0, 0.1) is 6.92 Å². The lowest BCUT2D eigenvalue weighted by Gasteiger charge is -2.11. The van der Waals surface area contributed by atoms with Gasteiger partial charge in [0, 0.05) is 5.69 Å². The molecule has 1 heterocycles.